The molecule has 1 N–H and O–H groups in total. The van der Waals surface area contributed by atoms with Crippen molar-refractivity contribution in [2.45, 2.75) is 18.4 Å². The number of hydrogen-bond donors (Lipinski definition) is 1. The number of likely N-dealkylation sites (N-methyl/N-ethyl adjacent to an activating group) is 1. The Kier molecular flexibility index (Phi) is 1.85. The molecule has 0 aliphatic carbocycles. The molecule has 1 atom stereocenters. The number of β-amino-alcohol motifs (C(OH)–C–C–N with tert-alkyl or cyclic N) is 1. The van der Waals surface area contributed by atoms with Crippen molar-refractivity contribution in [3.63, 3.8) is 0 Å². The molecule has 2 aliphatic heterocycles. The van der Waals surface area contributed by atoms with Crippen LogP contribution in [0.15, 0.2) is 11.8 Å². The third kappa shape index (κ3) is 1.23. The van der Waals surface area contributed by atoms with E-state index < -0.39 is 5.60 Å². The standard InChI is InChI=1S/C9H15NO2/c1-10-5-4-9(11,7-10)8-3-2-6-12-8/h3,11H,2,4-7H2,1H3. The summed E-state index contributed by atoms with van der Waals surface area (Å²) in [6, 6.07) is 0. The van der Waals surface area contributed by atoms with Crippen molar-refractivity contribution in [3.8, 4) is 0 Å². The molecule has 2 rings (SSSR count). The first-order valence-corrected chi connectivity index (χ1v) is 4.45. The van der Waals surface area contributed by atoms with Crippen molar-refractivity contribution in [1.82, 2.24) is 4.90 Å². The van der Waals surface area contributed by atoms with Gasteiger partial charge in [0.15, 0.2) is 0 Å². The van der Waals surface area contributed by atoms with Crippen LogP contribution in [0.4, 0.5) is 0 Å². The second-order valence-corrected chi connectivity index (χ2v) is 3.72. The van der Waals surface area contributed by atoms with Gasteiger partial charge in [0.05, 0.1) is 6.61 Å². The van der Waals surface area contributed by atoms with Crippen molar-refractivity contribution in [2.75, 3.05) is 26.7 Å². The van der Waals surface area contributed by atoms with Crippen LogP contribution in [0.3, 0.4) is 0 Å². The number of hydrogen-bond acceptors (Lipinski definition) is 3. The van der Waals surface area contributed by atoms with Gasteiger partial charge in [0, 0.05) is 19.5 Å². The van der Waals surface area contributed by atoms with Crippen molar-refractivity contribution >= 4 is 0 Å². The number of ether oxygens (including phenoxy) is 1. The molecule has 12 heavy (non-hydrogen) atoms. The van der Waals surface area contributed by atoms with E-state index in [4.69, 9.17) is 4.74 Å². The van der Waals surface area contributed by atoms with Crippen molar-refractivity contribution in [2.24, 2.45) is 0 Å². The van der Waals surface area contributed by atoms with Gasteiger partial charge < -0.3 is 14.7 Å². The Labute approximate surface area is 72.6 Å². The summed E-state index contributed by atoms with van der Waals surface area (Å²) in [5.74, 6) is 0.798. The molecule has 0 amide bonds. The predicted molar refractivity (Wildman–Crippen MR) is 45.7 cm³/mol. The molecule has 1 saturated heterocycles. The van der Waals surface area contributed by atoms with Gasteiger partial charge in [-0.1, -0.05) is 0 Å². The third-order valence-corrected chi connectivity index (χ3v) is 2.60. The Hall–Kier alpha value is -0.540. The average Bonchev–Trinajstić information content (AvgIpc) is 2.59. The Morgan fingerprint density at radius 3 is 3.00 bits per heavy atom. The highest BCUT2D eigenvalue weighted by Gasteiger charge is 2.40. The van der Waals surface area contributed by atoms with E-state index in [9.17, 15) is 5.11 Å². The van der Waals surface area contributed by atoms with Gasteiger partial charge in [0.2, 0.25) is 0 Å². The topological polar surface area (TPSA) is 32.7 Å². The van der Waals surface area contributed by atoms with Crippen LogP contribution in [-0.4, -0.2) is 42.4 Å². The number of likely N-dealkylation sites (tertiary alicyclic amines) is 1. The maximum absolute atomic E-state index is 10.1. The largest absolute Gasteiger partial charge is 0.495 e. The SMILES string of the molecule is CN1CCC(O)(C2=CCCO2)C1. The number of nitrogens with zero attached hydrogens (tertiary/aromatic N) is 1. The van der Waals surface area contributed by atoms with Crippen LogP contribution in [0, 0.1) is 0 Å². The summed E-state index contributed by atoms with van der Waals surface area (Å²) in [5, 5.41) is 10.1. The van der Waals surface area contributed by atoms with Gasteiger partial charge in [-0.3, -0.25) is 0 Å². The first-order chi connectivity index (χ1) is 5.71. The molecule has 68 valence electrons. The number of rotatable bonds is 1. The fourth-order valence-electron chi connectivity index (χ4n) is 1.92. The molecule has 2 aliphatic rings. The van der Waals surface area contributed by atoms with Crippen LogP contribution in [0.25, 0.3) is 0 Å². The van der Waals surface area contributed by atoms with Gasteiger partial charge in [-0.05, 0) is 19.5 Å². The summed E-state index contributed by atoms with van der Waals surface area (Å²) >= 11 is 0. The lowest BCUT2D eigenvalue weighted by atomic mass is 10.0. The van der Waals surface area contributed by atoms with Crippen molar-refractivity contribution in [1.29, 1.82) is 0 Å². The second kappa shape index (κ2) is 2.75. The molecule has 2 heterocycles. The van der Waals surface area contributed by atoms with E-state index in [1.54, 1.807) is 0 Å². The first kappa shape index (κ1) is 8.08. The highest BCUT2D eigenvalue weighted by atomic mass is 16.5. The molecular formula is C9H15NO2. The Bertz CT molecular complexity index is 215. The molecular weight excluding hydrogens is 154 g/mol. The van der Waals surface area contributed by atoms with E-state index in [1.807, 2.05) is 13.1 Å². The van der Waals surface area contributed by atoms with Gasteiger partial charge in [-0.15, -0.1) is 0 Å². The summed E-state index contributed by atoms with van der Waals surface area (Å²) in [7, 11) is 2.02. The minimum Gasteiger partial charge on any atom is -0.495 e. The zero-order valence-corrected chi connectivity index (χ0v) is 7.42. The first-order valence-electron chi connectivity index (χ1n) is 4.45. The molecule has 0 aromatic heterocycles. The predicted octanol–water partition coefficient (Wildman–Crippen LogP) is 0.357. The molecule has 0 aromatic rings. The van der Waals surface area contributed by atoms with Crippen LogP contribution in [0.5, 0.6) is 0 Å². The smallest absolute Gasteiger partial charge is 0.135 e. The quantitative estimate of drug-likeness (QED) is 0.615. The van der Waals surface area contributed by atoms with E-state index >= 15 is 0 Å². The summed E-state index contributed by atoms with van der Waals surface area (Å²) in [4.78, 5) is 2.13. The molecule has 3 nitrogen and oxygen atoms in total. The molecule has 0 radical (unpaired) electrons. The van der Waals surface area contributed by atoms with Crippen molar-refractivity contribution in [3.05, 3.63) is 11.8 Å². The molecule has 0 aromatic carbocycles. The lowest BCUT2D eigenvalue weighted by Crippen LogP contribution is -2.34. The molecule has 1 fully saturated rings. The van der Waals surface area contributed by atoms with Gasteiger partial charge in [0.25, 0.3) is 0 Å². The van der Waals surface area contributed by atoms with E-state index in [2.05, 4.69) is 4.90 Å². The molecule has 0 bridgehead atoms. The fraction of sp³-hybridized carbons (Fsp3) is 0.778. The second-order valence-electron chi connectivity index (χ2n) is 3.72. The Morgan fingerprint density at radius 2 is 2.50 bits per heavy atom. The zero-order chi connectivity index (χ0) is 8.60. The summed E-state index contributed by atoms with van der Waals surface area (Å²) < 4.78 is 5.37. The fourth-order valence-corrected chi connectivity index (χ4v) is 1.92. The Morgan fingerprint density at radius 1 is 1.67 bits per heavy atom. The maximum Gasteiger partial charge on any atom is 0.135 e. The van der Waals surface area contributed by atoms with Crippen molar-refractivity contribution < 1.29 is 9.84 Å². The molecule has 1 unspecified atom stereocenters. The summed E-state index contributed by atoms with van der Waals surface area (Å²) in [6.45, 7) is 2.40. The van der Waals surface area contributed by atoms with Crippen LogP contribution in [0.2, 0.25) is 0 Å². The minimum atomic E-state index is -0.689. The normalized spacial score (nSPS) is 36.7. The van der Waals surface area contributed by atoms with Crippen LogP contribution >= 0.6 is 0 Å². The lowest BCUT2D eigenvalue weighted by Gasteiger charge is -2.23. The Balaban J connectivity index is 2.10. The van der Waals surface area contributed by atoms with E-state index in [1.165, 1.54) is 0 Å². The average molecular weight is 169 g/mol. The van der Waals surface area contributed by atoms with Gasteiger partial charge in [-0.2, -0.15) is 0 Å². The van der Waals surface area contributed by atoms with Gasteiger partial charge >= 0.3 is 0 Å². The van der Waals surface area contributed by atoms with Crippen LogP contribution < -0.4 is 0 Å². The summed E-state index contributed by atoms with van der Waals surface area (Å²) in [5.41, 5.74) is -0.689. The monoisotopic (exact) mass is 169 g/mol. The minimum absolute atomic E-state index is 0.689. The number of aliphatic hydroxyl groups is 1. The highest BCUT2D eigenvalue weighted by Crippen LogP contribution is 2.31. The molecule has 3 heteroatoms. The maximum atomic E-state index is 10.1. The van der Waals surface area contributed by atoms with E-state index in [0.717, 1.165) is 31.8 Å². The van der Waals surface area contributed by atoms with Crippen LogP contribution in [0.1, 0.15) is 12.8 Å². The molecule has 0 saturated carbocycles. The van der Waals surface area contributed by atoms with Crippen LogP contribution in [-0.2, 0) is 4.74 Å². The molecule has 0 spiro atoms. The van der Waals surface area contributed by atoms with Gasteiger partial charge in [0.1, 0.15) is 11.4 Å². The third-order valence-electron chi connectivity index (χ3n) is 2.60. The zero-order valence-electron chi connectivity index (χ0n) is 7.42. The van der Waals surface area contributed by atoms with E-state index in [-0.39, 0.29) is 0 Å². The highest BCUT2D eigenvalue weighted by molar-refractivity contribution is 5.16. The lowest BCUT2D eigenvalue weighted by molar-refractivity contribution is 0.0288. The van der Waals surface area contributed by atoms with E-state index in [0.29, 0.717) is 6.54 Å². The summed E-state index contributed by atoms with van der Waals surface area (Å²) in [6.07, 6.45) is 3.76. The van der Waals surface area contributed by atoms with Gasteiger partial charge in [-0.25, -0.2) is 0 Å².